The quantitative estimate of drug-likeness (QED) is 0.216. The SMILES string of the molecule is COC(=O)CCCN/C(=C\[N+](=O)[O-])OC. The maximum atomic E-state index is 10.7. The Morgan fingerprint density at radius 1 is 1.47 bits per heavy atom. The fourth-order valence-electron chi connectivity index (χ4n) is 0.813. The van der Waals surface area contributed by atoms with E-state index in [-0.39, 0.29) is 18.3 Å². The first-order chi connectivity index (χ1) is 7.10. The second-order valence-electron chi connectivity index (χ2n) is 2.59. The lowest BCUT2D eigenvalue weighted by molar-refractivity contribution is -0.405. The molecule has 0 aliphatic rings. The van der Waals surface area contributed by atoms with Gasteiger partial charge in [-0.1, -0.05) is 0 Å². The summed E-state index contributed by atoms with van der Waals surface area (Å²) in [7, 11) is 2.63. The van der Waals surface area contributed by atoms with Crippen LogP contribution in [0.2, 0.25) is 0 Å². The molecule has 7 heteroatoms. The molecule has 0 saturated carbocycles. The van der Waals surface area contributed by atoms with Gasteiger partial charge in [-0.2, -0.15) is 0 Å². The van der Waals surface area contributed by atoms with Crippen molar-refractivity contribution in [2.45, 2.75) is 12.8 Å². The number of nitrogens with one attached hydrogen (secondary N) is 1. The normalized spacial score (nSPS) is 10.7. The van der Waals surface area contributed by atoms with Gasteiger partial charge in [-0.25, -0.2) is 0 Å². The van der Waals surface area contributed by atoms with E-state index in [0.717, 1.165) is 6.20 Å². The predicted octanol–water partition coefficient (Wildman–Crippen LogP) is 0.251. The lowest BCUT2D eigenvalue weighted by atomic mass is 10.3. The van der Waals surface area contributed by atoms with Crippen molar-refractivity contribution < 1.29 is 19.2 Å². The molecule has 0 spiro atoms. The Balaban J connectivity index is 3.73. The first kappa shape index (κ1) is 13.2. The van der Waals surface area contributed by atoms with Crippen molar-refractivity contribution in [2.24, 2.45) is 0 Å². The second kappa shape index (κ2) is 7.60. The fraction of sp³-hybridized carbons (Fsp3) is 0.625. The number of hydrogen-bond acceptors (Lipinski definition) is 6. The van der Waals surface area contributed by atoms with Gasteiger partial charge < -0.3 is 14.8 Å². The minimum absolute atomic E-state index is 0.0601. The van der Waals surface area contributed by atoms with E-state index in [0.29, 0.717) is 13.0 Å². The number of rotatable bonds is 7. The molecule has 0 saturated heterocycles. The zero-order valence-corrected chi connectivity index (χ0v) is 8.69. The molecule has 0 aromatic carbocycles. The highest BCUT2D eigenvalue weighted by molar-refractivity contribution is 5.69. The second-order valence-corrected chi connectivity index (χ2v) is 2.59. The van der Waals surface area contributed by atoms with E-state index in [9.17, 15) is 14.9 Å². The molecule has 0 aliphatic carbocycles. The molecule has 0 radical (unpaired) electrons. The summed E-state index contributed by atoms with van der Waals surface area (Å²) in [4.78, 5) is 20.2. The van der Waals surface area contributed by atoms with Crippen molar-refractivity contribution >= 4 is 5.97 Å². The molecule has 1 N–H and O–H groups in total. The minimum Gasteiger partial charge on any atom is -0.478 e. The van der Waals surface area contributed by atoms with Crippen molar-refractivity contribution in [1.82, 2.24) is 5.32 Å². The Kier molecular flexibility index (Phi) is 6.69. The number of carbonyl (C=O) groups excluding carboxylic acids is 1. The molecular formula is C8H14N2O5. The summed E-state index contributed by atoms with van der Waals surface area (Å²) in [5.41, 5.74) is 0. The fourth-order valence-corrected chi connectivity index (χ4v) is 0.813. The molecule has 86 valence electrons. The molecule has 0 aromatic rings. The van der Waals surface area contributed by atoms with E-state index in [4.69, 9.17) is 0 Å². The third-order valence-corrected chi connectivity index (χ3v) is 1.53. The molecule has 0 amide bonds. The summed E-state index contributed by atoms with van der Waals surface area (Å²) in [6.07, 6.45) is 1.50. The minimum atomic E-state index is -0.619. The monoisotopic (exact) mass is 218 g/mol. The van der Waals surface area contributed by atoms with Crippen LogP contribution in [-0.4, -0.2) is 31.7 Å². The van der Waals surface area contributed by atoms with Gasteiger partial charge in [-0.15, -0.1) is 0 Å². The highest BCUT2D eigenvalue weighted by Gasteiger charge is 2.03. The van der Waals surface area contributed by atoms with Crippen LogP contribution in [0.5, 0.6) is 0 Å². The van der Waals surface area contributed by atoms with E-state index >= 15 is 0 Å². The number of carbonyl (C=O) groups is 1. The molecule has 0 aromatic heterocycles. The molecule has 0 atom stereocenters. The molecule has 0 bridgehead atoms. The Morgan fingerprint density at radius 3 is 2.60 bits per heavy atom. The largest absolute Gasteiger partial charge is 0.478 e. The number of methoxy groups -OCH3 is 2. The van der Waals surface area contributed by atoms with Crippen molar-refractivity contribution in [1.29, 1.82) is 0 Å². The number of esters is 1. The van der Waals surface area contributed by atoms with E-state index < -0.39 is 4.92 Å². The van der Waals surface area contributed by atoms with Crippen LogP contribution in [0.1, 0.15) is 12.8 Å². The van der Waals surface area contributed by atoms with Crippen molar-refractivity contribution in [3.63, 3.8) is 0 Å². The molecular weight excluding hydrogens is 204 g/mol. The lowest BCUT2D eigenvalue weighted by Gasteiger charge is -2.05. The van der Waals surface area contributed by atoms with Crippen LogP contribution in [0.4, 0.5) is 0 Å². The summed E-state index contributed by atoms with van der Waals surface area (Å²) >= 11 is 0. The number of hydrogen-bond donors (Lipinski definition) is 1. The van der Waals surface area contributed by atoms with Gasteiger partial charge in [0.2, 0.25) is 0 Å². The highest BCUT2D eigenvalue weighted by Crippen LogP contribution is 1.94. The van der Waals surface area contributed by atoms with E-state index in [1.165, 1.54) is 14.2 Å². The average molecular weight is 218 g/mol. The van der Waals surface area contributed by atoms with Crippen LogP contribution < -0.4 is 5.32 Å². The van der Waals surface area contributed by atoms with Gasteiger partial charge in [-0.3, -0.25) is 14.9 Å². The van der Waals surface area contributed by atoms with Crippen LogP contribution >= 0.6 is 0 Å². The summed E-state index contributed by atoms with van der Waals surface area (Å²) < 4.78 is 9.11. The first-order valence-corrected chi connectivity index (χ1v) is 4.30. The van der Waals surface area contributed by atoms with E-state index in [2.05, 4.69) is 14.8 Å². The van der Waals surface area contributed by atoms with Gasteiger partial charge in [0.05, 0.1) is 19.1 Å². The molecule has 0 fully saturated rings. The van der Waals surface area contributed by atoms with Crippen LogP contribution in [0, 0.1) is 10.1 Å². The van der Waals surface area contributed by atoms with Crippen molar-refractivity contribution in [3.05, 3.63) is 22.2 Å². The molecule has 0 aliphatic heterocycles. The van der Waals surface area contributed by atoms with Gasteiger partial charge in [0, 0.05) is 13.0 Å². The number of nitro groups is 1. The summed E-state index contributed by atoms with van der Waals surface area (Å²) in [5, 5.41) is 12.8. The Morgan fingerprint density at radius 2 is 2.13 bits per heavy atom. The zero-order chi connectivity index (χ0) is 11.7. The van der Waals surface area contributed by atoms with Crippen molar-refractivity contribution in [2.75, 3.05) is 20.8 Å². The van der Waals surface area contributed by atoms with Gasteiger partial charge in [0.1, 0.15) is 0 Å². The van der Waals surface area contributed by atoms with Crippen LogP contribution in [0.15, 0.2) is 12.1 Å². The van der Waals surface area contributed by atoms with Crippen LogP contribution in [0.25, 0.3) is 0 Å². The maximum Gasteiger partial charge on any atom is 0.305 e. The maximum absolute atomic E-state index is 10.7. The van der Waals surface area contributed by atoms with E-state index in [1.54, 1.807) is 0 Å². The first-order valence-electron chi connectivity index (χ1n) is 4.30. The molecule has 0 unspecified atom stereocenters. The third kappa shape index (κ3) is 7.29. The molecule has 15 heavy (non-hydrogen) atoms. The topological polar surface area (TPSA) is 90.7 Å². The Bertz CT molecular complexity index is 251. The summed E-state index contributed by atoms with van der Waals surface area (Å²) in [6, 6.07) is 0. The third-order valence-electron chi connectivity index (χ3n) is 1.53. The predicted molar refractivity (Wildman–Crippen MR) is 51.3 cm³/mol. The number of ether oxygens (including phenoxy) is 2. The van der Waals surface area contributed by atoms with Gasteiger partial charge in [0.15, 0.2) is 0 Å². The number of nitrogens with zero attached hydrogens (tertiary/aromatic N) is 1. The van der Waals surface area contributed by atoms with Crippen molar-refractivity contribution in [3.8, 4) is 0 Å². The van der Waals surface area contributed by atoms with Crippen LogP contribution in [-0.2, 0) is 14.3 Å². The van der Waals surface area contributed by atoms with Gasteiger partial charge in [-0.05, 0) is 6.42 Å². The lowest BCUT2D eigenvalue weighted by Crippen LogP contribution is -2.18. The summed E-state index contributed by atoms with van der Waals surface area (Å²) in [6.45, 7) is 0.405. The van der Waals surface area contributed by atoms with Crippen LogP contribution in [0.3, 0.4) is 0 Å². The summed E-state index contributed by atoms with van der Waals surface area (Å²) in [5.74, 6) is -0.251. The standard InChI is InChI=1S/C8H14N2O5/c1-14-7(6-10(12)13)9-5-3-4-8(11)15-2/h6,9H,3-5H2,1-2H3/b7-6+. The molecule has 0 heterocycles. The molecule has 0 rings (SSSR count). The highest BCUT2D eigenvalue weighted by atomic mass is 16.6. The Hall–Kier alpha value is -1.79. The van der Waals surface area contributed by atoms with Gasteiger partial charge >= 0.3 is 5.97 Å². The Labute approximate surface area is 87.2 Å². The smallest absolute Gasteiger partial charge is 0.305 e. The van der Waals surface area contributed by atoms with E-state index in [1.807, 2.05) is 0 Å². The van der Waals surface area contributed by atoms with Gasteiger partial charge in [0.25, 0.3) is 12.1 Å². The molecule has 7 nitrogen and oxygen atoms in total. The zero-order valence-electron chi connectivity index (χ0n) is 8.69. The average Bonchev–Trinajstić information content (AvgIpc) is 2.21.